The first kappa shape index (κ1) is 27.0. The highest BCUT2D eigenvalue weighted by molar-refractivity contribution is 6.33. The molecule has 2 rings (SSSR count). The molecular formula is C24H26Cl2F3NO3. The molecule has 2 aromatic rings. The SMILES string of the molecule is CCOC(=O)[C@@H](C)Cc1ccc(Cl)c(NC(=O)[C@H](c2ccc(Cl)cc2C)[C@@H](C)C(F)(F)F)c1. The summed E-state index contributed by atoms with van der Waals surface area (Å²) in [6, 6.07) is 9.18. The lowest BCUT2D eigenvalue weighted by Gasteiger charge is -2.27. The fraction of sp³-hybridized carbons (Fsp3) is 0.417. The highest BCUT2D eigenvalue weighted by Gasteiger charge is 2.45. The van der Waals surface area contributed by atoms with E-state index in [9.17, 15) is 22.8 Å². The molecule has 4 nitrogen and oxygen atoms in total. The first-order valence-corrected chi connectivity index (χ1v) is 11.2. The van der Waals surface area contributed by atoms with Gasteiger partial charge in [-0.25, -0.2) is 0 Å². The molecular weight excluding hydrogens is 478 g/mol. The molecule has 1 N–H and O–H groups in total. The molecule has 3 atom stereocenters. The summed E-state index contributed by atoms with van der Waals surface area (Å²) in [6.07, 6.45) is -4.29. The van der Waals surface area contributed by atoms with E-state index in [4.69, 9.17) is 27.9 Å². The molecule has 0 saturated carbocycles. The summed E-state index contributed by atoms with van der Waals surface area (Å²) >= 11 is 12.2. The Morgan fingerprint density at radius 1 is 1.09 bits per heavy atom. The van der Waals surface area contributed by atoms with Gasteiger partial charge in [-0.1, -0.05) is 49.2 Å². The normalized spacial score (nSPS) is 14.3. The van der Waals surface area contributed by atoms with Crippen LogP contribution in [0.5, 0.6) is 0 Å². The zero-order valence-electron chi connectivity index (χ0n) is 18.7. The van der Waals surface area contributed by atoms with Crippen molar-refractivity contribution >= 4 is 40.8 Å². The summed E-state index contributed by atoms with van der Waals surface area (Å²) in [7, 11) is 0. The zero-order chi connectivity index (χ0) is 24.9. The number of rotatable bonds is 8. The average molecular weight is 504 g/mol. The molecule has 33 heavy (non-hydrogen) atoms. The van der Waals surface area contributed by atoms with Crippen molar-refractivity contribution < 1.29 is 27.5 Å². The number of hydrogen-bond acceptors (Lipinski definition) is 3. The van der Waals surface area contributed by atoms with E-state index in [-0.39, 0.29) is 28.8 Å². The number of hydrogen-bond donors (Lipinski definition) is 1. The van der Waals surface area contributed by atoms with Gasteiger partial charge in [-0.3, -0.25) is 9.59 Å². The maximum absolute atomic E-state index is 13.6. The van der Waals surface area contributed by atoms with Crippen molar-refractivity contribution in [3.05, 3.63) is 63.1 Å². The largest absolute Gasteiger partial charge is 0.466 e. The third-order valence-corrected chi connectivity index (χ3v) is 5.95. The molecule has 0 saturated heterocycles. The Balaban J connectivity index is 2.36. The van der Waals surface area contributed by atoms with Crippen LogP contribution in [0.15, 0.2) is 36.4 Å². The average Bonchev–Trinajstić information content (AvgIpc) is 2.71. The first-order chi connectivity index (χ1) is 15.3. The maximum Gasteiger partial charge on any atom is 0.392 e. The van der Waals surface area contributed by atoms with Crippen LogP contribution in [0.3, 0.4) is 0 Å². The lowest BCUT2D eigenvalue weighted by molar-refractivity contribution is -0.178. The van der Waals surface area contributed by atoms with Crippen molar-refractivity contribution in [1.82, 2.24) is 0 Å². The Kier molecular flexibility index (Phi) is 9.20. The minimum atomic E-state index is -4.60. The predicted molar refractivity (Wildman–Crippen MR) is 124 cm³/mol. The standard InChI is InChI=1S/C24H26Cl2F3NO3/c1-5-33-23(32)14(3)10-16-6-9-19(26)20(12-16)30-22(31)21(15(4)24(27,28)29)18-8-7-17(25)11-13(18)2/h6-9,11-12,14-15,21H,5,10H2,1-4H3,(H,30,31)/t14-,15+,21-/m0/s1. The number of alkyl halides is 3. The summed E-state index contributed by atoms with van der Waals surface area (Å²) in [5.41, 5.74) is 1.55. The molecule has 0 unspecified atom stereocenters. The molecule has 0 spiro atoms. The molecule has 0 aromatic heterocycles. The number of nitrogens with one attached hydrogen (secondary N) is 1. The van der Waals surface area contributed by atoms with Gasteiger partial charge in [-0.2, -0.15) is 13.2 Å². The van der Waals surface area contributed by atoms with Crippen LogP contribution >= 0.6 is 23.2 Å². The van der Waals surface area contributed by atoms with Crippen LogP contribution in [0.2, 0.25) is 10.0 Å². The second-order valence-electron chi connectivity index (χ2n) is 7.97. The van der Waals surface area contributed by atoms with Gasteiger partial charge in [0.1, 0.15) is 0 Å². The number of aryl methyl sites for hydroxylation is 1. The lowest BCUT2D eigenvalue weighted by Crippen LogP contribution is -2.35. The van der Waals surface area contributed by atoms with Gasteiger partial charge < -0.3 is 10.1 Å². The smallest absolute Gasteiger partial charge is 0.392 e. The fourth-order valence-electron chi connectivity index (χ4n) is 3.54. The van der Waals surface area contributed by atoms with E-state index >= 15 is 0 Å². The number of carbonyl (C=O) groups excluding carboxylic acids is 2. The number of anilines is 1. The van der Waals surface area contributed by atoms with Crippen LogP contribution < -0.4 is 5.32 Å². The van der Waals surface area contributed by atoms with Gasteiger partial charge in [-0.05, 0) is 61.2 Å². The van der Waals surface area contributed by atoms with Crippen LogP contribution in [-0.2, 0) is 20.7 Å². The molecule has 1 amide bonds. The highest BCUT2D eigenvalue weighted by atomic mass is 35.5. The van der Waals surface area contributed by atoms with Crippen LogP contribution in [0, 0.1) is 18.8 Å². The third kappa shape index (κ3) is 7.11. The van der Waals surface area contributed by atoms with Gasteiger partial charge in [0.25, 0.3) is 0 Å². The van der Waals surface area contributed by atoms with Crippen molar-refractivity contribution in [3.63, 3.8) is 0 Å². The van der Waals surface area contributed by atoms with E-state index in [0.29, 0.717) is 22.6 Å². The van der Waals surface area contributed by atoms with E-state index in [0.717, 1.165) is 6.92 Å². The summed E-state index contributed by atoms with van der Waals surface area (Å²) in [5.74, 6) is -5.12. The Hall–Kier alpha value is -2.25. The summed E-state index contributed by atoms with van der Waals surface area (Å²) in [4.78, 5) is 25.1. The van der Waals surface area contributed by atoms with Crippen molar-refractivity contribution in [1.29, 1.82) is 0 Å². The van der Waals surface area contributed by atoms with Crippen LogP contribution in [0.25, 0.3) is 0 Å². The van der Waals surface area contributed by atoms with Gasteiger partial charge in [0.15, 0.2) is 0 Å². The van der Waals surface area contributed by atoms with Gasteiger partial charge in [0.2, 0.25) is 5.91 Å². The number of esters is 1. The van der Waals surface area contributed by atoms with E-state index < -0.39 is 29.8 Å². The van der Waals surface area contributed by atoms with Gasteiger partial charge >= 0.3 is 12.1 Å². The summed E-state index contributed by atoms with van der Waals surface area (Å²) < 4.78 is 45.9. The number of carbonyl (C=O) groups is 2. The maximum atomic E-state index is 13.6. The molecule has 2 aromatic carbocycles. The molecule has 0 bridgehead atoms. The lowest BCUT2D eigenvalue weighted by atomic mass is 9.83. The number of halogens is 5. The molecule has 0 aliphatic rings. The first-order valence-electron chi connectivity index (χ1n) is 10.4. The van der Waals surface area contributed by atoms with Crippen molar-refractivity contribution in [2.24, 2.45) is 11.8 Å². The molecule has 0 radical (unpaired) electrons. The minimum Gasteiger partial charge on any atom is -0.466 e. The summed E-state index contributed by atoms with van der Waals surface area (Å²) in [6.45, 7) is 6.25. The molecule has 180 valence electrons. The topological polar surface area (TPSA) is 55.4 Å². The molecule has 9 heteroatoms. The van der Waals surface area contributed by atoms with Gasteiger partial charge in [0.05, 0.1) is 35.1 Å². The van der Waals surface area contributed by atoms with Gasteiger partial charge in [-0.15, -0.1) is 0 Å². The monoisotopic (exact) mass is 503 g/mol. The molecule has 0 heterocycles. The number of amides is 1. The third-order valence-electron chi connectivity index (χ3n) is 5.39. The Morgan fingerprint density at radius 2 is 1.76 bits per heavy atom. The number of benzene rings is 2. The second kappa shape index (κ2) is 11.3. The summed E-state index contributed by atoms with van der Waals surface area (Å²) in [5, 5.41) is 3.08. The highest BCUT2D eigenvalue weighted by Crippen LogP contribution is 2.40. The quantitative estimate of drug-likeness (QED) is 0.396. The molecule has 0 fully saturated rings. The second-order valence-corrected chi connectivity index (χ2v) is 8.81. The minimum absolute atomic E-state index is 0.168. The molecule has 0 aliphatic carbocycles. The Morgan fingerprint density at radius 3 is 2.33 bits per heavy atom. The van der Waals surface area contributed by atoms with Crippen molar-refractivity contribution in [2.45, 2.75) is 46.2 Å². The van der Waals surface area contributed by atoms with Gasteiger partial charge in [0, 0.05) is 5.02 Å². The van der Waals surface area contributed by atoms with Crippen LogP contribution in [0.4, 0.5) is 18.9 Å². The number of ether oxygens (including phenoxy) is 1. The predicted octanol–water partition coefficient (Wildman–Crippen LogP) is 6.96. The van der Waals surface area contributed by atoms with Crippen molar-refractivity contribution in [2.75, 3.05) is 11.9 Å². The fourth-order valence-corrected chi connectivity index (χ4v) is 3.93. The van der Waals surface area contributed by atoms with E-state index in [1.165, 1.54) is 24.3 Å². The van der Waals surface area contributed by atoms with Crippen molar-refractivity contribution in [3.8, 4) is 0 Å². The molecule has 0 aliphatic heterocycles. The van der Waals surface area contributed by atoms with E-state index in [2.05, 4.69) is 5.32 Å². The van der Waals surface area contributed by atoms with E-state index in [1.54, 1.807) is 32.9 Å². The van der Waals surface area contributed by atoms with Crippen LogP contribution in [0.1, 0.15) is 43.4 Å². The van der Waals surface area contributed by atoms with E-state index in [1.807, 2.05) is 0 Å². The Labute approximate surface area is 201 Å². The van der Waals surface area contributed by atoms with Crippen LogP contribution in [-0.4, -0.2) is 24.7 Å². The Bertz CT molecular complexity index is 1010. The zero-order valence-corrected chi connectivity index (χ0v) is 20.2.